The fourth-order valence-corrected chi connectivity index (χ4v) is 3.50. The number of aryl methyl sites for hydroxylation is 1. The zero-order valence-electron chi connectivity index (χ0n) is 16.9. The van der Waals surface area contributed by atoms with Crippen LogP contribution in [0.25, 0.3) is 0 Å². The van der Waals surface area contributed by atoms with Crippen molar-refractivity contribution >= 4 is 5.97 Å². The number of pyridine rings is 1. The number of halogens is 1. The van der Waals surface area contributed by atoms with Crippen LogP contribution in [0.1, 0.15) is 43.9 Å². The summed E-state index contributed by atoms with van der Waals surface area (Å²) in [5.74, 6) is -0.350. The van der Waals surface area contributed by atoms with Gasteiger partial charge in [0.05, 0.1) is 0 Å². The van der Waals surface area contributed by atoms with Gasteiger partial charge in [0.2, 0.25) is 0 Å². The molecule has 28 heavy (non-hydrogen) atoms. The molecule has 0 bridgehead atoms. The number of carbonyl (C=O) groups is 1. The summed E-state index contributed by atoms with van der Waals surface area (Å²) in [7, 11) is 0. The molecular weight excluding hydrogens is 367 g/mol. The monoisotopic (exact) mass is 398 g/mol. The summed E-state index contributed by atoms with van der Waals surface area (Å²) >= 11 is 0. The molecule has 0 aromatic carbocycles. The van der Waals surface area contributed by atoms with Gasteiger partial charge in [-0.1, -0.05) is 13.8 Å². The molecule has 1 aromatic heterocycles. The Labute approximate surface area is 165 Å². The van der Waals surface area contributed by atoms with Crippen LogP contribution >= 0.6 is 0 Å². The Balaban J connectivity index is 2.19. The molecule has 0 amide bonds. The largest absolute Gasteiger partial charge is 0.462 e. The second kappa shape index (κ2) is 10.7. The minimum atomic E-state index is -0.761. The molecule has 1 saturated heterocycles. The number of ether oxygens (including phenoxy) is 1. The molecule has 1 aromatic rings. The summed E-state index contributed by atoms with van der Waals surface area (Å²) in [6.07, 6.45) is 2.68. The molecule has 0 spiro atoms. The van der Waals surface area contributed by atoms with E-state index < -0.39 is 18.2 Å². The number of hydrogen-bond donors (Lipinski definition) is 1. The Kier molecular flexibility index (Phi) is 8.59. The van der Waals surface area contributed by atoms with E-state index in [9.17, 15) is 14.0 Å². The van der Waals surface area contributed by atoms with Crippen molar-refractivity contribution in [1.29, 1.82) is 0 Å². The summed E-state index contributed by atoms with van der Waals surface area (Å²) in [5, 5.41) is 8.38. The minimum absolute atomic E-state index is 0.0866. The predicted octanol–water partition coefficient (Wildman–Crippen LogP) is 2.36. The molecule has 0 radical (unpaired) electrons. The van der Waals surface area contributed by atoms with Gasteiger partial charge in [-0.2, -0.15) is 0 Å². The molecule has 7 nitrogen and oxygen atoms in total. The average Bonchev–Trinajstić information content (AvgIpc) is 3.04. The van der Waals surface area contributed by atoms with Crippen LogP contribution in [0, 0.1) is 12.8 Å². The zero-order valence-corrected chi connectivity index (χ0v) is 16.9. The molecule has 2 heterocycles. The third-order valence-corrected chi connectivity index (χ3v) is 5.03. The van der Waals surface area contributed by atoms with E-state index in [0.29, 0.717) is 32.4 Å². The maximum Gasteiger partial charge on any atom is 0.329 e. The fourth-order valence-electron chi connectivity index (χ4n) is 3.50. The lowest BCUT2D eigenvalue weighted by atomic mass is 10.0. The number of carbonyl (C=O) groups excluding carboxylic acids is 1. The van der Waals surface area contributed by atoms with Crippen molar-refractivity contribution < 1.29 is 24.1 Å². The van der Waals surface area contributed by atoms with Gasteiger partial charge in [0.15, 0.2) is 0 Å². The first-order chi connectivity index (χ1) is 13.3. The van der Waals surface area contributed by atoms with E-state index in [4.69, 9.17) is 9.99 Å². The standard InChI is InChI=1S/C20H31FN2O5/c1-14(2)10-18(20(25)27-8-9-28-26)23-12-16(15(3)11-19(23)24)4-6-22-7-5-17(21)13-22/h11-12,14,17-18,26H,4-10,13H2,1-3H3. The Hall–Kier alpha value is -1.77. The number of nitrogens with zero attached hydrogens (tertiary/aromatic N) is 2. The predicted molar refractivity (Wildman–Crippen MR) is 103 cm³/mol. The van der Waals surface area contributed by atoms with Gasteiger partial charge in [-0.25, -0.2) is 14.1 Å². The van der Waals surface area contributed by atoms with Gasteiger partial charge in [0, 0.05) is 31.9 Å². The molecule has 1 aliphatic heterocycles. The first kappa shape index (κ1) is 22.5. The highest BCUT2D eigenvalue weighted by molar-refractivity contribution is 5.74. The van der Waals surface area contributed by atoms with Gasteiger partial charge in [-0.3, -0.25) is 10.1 Å². The fraction of sp³-hybridized carbons (Fsp3) is 0.700. The molecule has 1 aliphatic rings. The van der Waals surface area contributed by atoms with Crippen molar-refractivity contribution in [3.8, 4) is 0 Å². The Morgan fingerprint density at radius 3 is 2.75 bits per heavy atom. The van der Waals surface area contributed by atoms with E-state index in [2.05, 4.69) is 9.79 Å². The summed E-state index contributed by atoms with van der Waals surface area (Å²) in [5.41, 5.74) is 1.57. The van der Waals surface area contributed by atoms with Crippen LogP contribution in [0.15, 0.2) is 17.1 Å². The van der Waals surface area contributed by atoms with Crippen molar-refractivity contribution in [2.45, 2.75) is 52.2 Å². The maximum atomic E-state index is 13.4. The van der Waals surface area contributed by atoms with E-state index in [1.54, 1.807) is 6.20 Å². The molecule has 1 N–H and O–H groups in total. The summed E-state index contributed by atoms with van der Waals surface area (Å²) in [6, 6.07) is 0.793. The normalized spacial score (nSPS) is 18.6. The van der Waals surface area contributed by atoms with Crippen LogP contribution in [0.4, 0.5) is 4.39 Å². The van der Waals surface area contributed by atoms with Crippen LogP contribution in [0.3, 0.4) is 0 Å². The van der Waals surface area contributed by atoms with E-state index in [-0.39, 0.29) is 24.7 Å². The van der Waals surface area contributed by atoms with E-state index in [1.807, 2.05) is 20.8 Å². The smallest absolute Gasteiger partial charge is 0.329 e. The molecule has 1 fully saturated rings. The molecule has 158 valence electrons. The quantitative estimate of drug-likeness (QED) is 0.282. The Bertz CT molecular complexity index is 706. The molecule has 0 aliphatic carbocycles. The third-order valence-electron chi connectivity index (χ3n) is 5.03. The lowest BCUT2D eigenvalue weighted by Gasteiger charge is -2.22. The average molecular weight is 398 g/mol. The molecule has 2 rings (SSSR count). The number of rotatable bonds is 10. The highest BCUT2D eigenvalue weighted by atomic mass is 19.1. The van der Waals surface area contributed by atoms with Crippen molar-refractivity contribution in [2.24, 2.45) is 5.92 Å². The number of likely N-dealkylation sites (tertiary alicyclic amines) is 1. The number of esters is 1. The van der Waals surface area contributed by atoms with E-state index >= 15 is 0 Å². The van der Waals surface area contributed by atoms with Gasteiger partial charge in [-0.15, -0.1) is 0 Å². The van der Waals surface area contributed by atoms with Crippen LogP contribution in [0.2, 0.25) is 0 Å². The number of aromatic nitrogens is 1. The summed E-state index contributed by atoms with van der Waals surface area (Å²) in [6.45, 7) is 7.51. The number of hydrogen-bond acceptors (Lipinski definition) is 6. The highest BCUT2D eigenvalue weighted by Crippen LogP contribution is 2.20. The van der Waals surface area contributed by atoms with Crippen molar-refractivity contribution in [3.05, 3.63) is 33.7 Å². The lowest BCUT2D eigenvalue weighted by Crippen LogP contribution is -2.33. The SMILES string of the molecule is Cc1cc(=O)n(C(CC(C)C)C(=O)OCCOO)cc1CCN1CCC(F)C1. The van der Waals surface area contributed by atoms with Crippen molar-refractivity contribution in [3.63, 3.8) is 0 Å². The highest BCUT2D eigenvalue weighted by Gasteiger charge is 2.25. The summed E-state index contributed by atoms with van der Waals surface area (Å²) < 4.78 is 20.0. The number of alkyl halides is 1. The Morgan fingerprint density at radius 2 is 2.14 bits per heavy atom. The topological polar surface area (TPSA) is 81.0 Å². The second-order valence-electron chi connectivity index (χ2n) is 7.81. The Morgan fingerprint density at radius 1 is 1.39 bits per heavy atom. The first-order valence-corrected chi connectivity index (χ1v) is 9.83. The maximum absolute atomic E-state index is 13.4. The van der Waals surface area contributed by atoms with Crippen LogP contribution in [-0.2, 0) is 20.8 Å². The summed E-state index contributed by atoms with van der Waals surface area (Å²) in [4.78, 5) is 31.1. The van der Waals surface area contributed by atoms with Crippen LogP contribution in [0.5, 0.6) is 0 Å². The lowest BCUT2D eigenvalue weighted by molar-refractivity contribution is -0.248. The van der Waals surface area contributed by atoms with Crippen LogP contribution in [-0.4, -0.2) is 59.7 Å². The van der Waals surface area contributed by atoms with Gasteiger partial charge >= 0.3 is 5.97 Å². The van der Waals surface area contributed by atoms with Gasteiger partial charge in [0.1, 0.15) is 25.4 Å². The second-order valence-corrected chi connectivity index (χ2v) is 7.81. The molecule has 8 heteroatoms. The van der Waals surface area contributed by atoms with Gasteiger partial charge in [-0.05, 0) is 43.2 Å². The first-order valence-electron chi connectivity index (χ1n) is 9.83. The van der Waals surface area contributed by atoms with Gasteiger partial charge in [0.25, 0.3) is 5.56 Å². The van der Waals surface area contributed by atoms with Gasteiger partial charge < -0.3 is 14.2 Å². The van der Waals surface area contributed by atoms with Crippen LogP contribution < -0.4 is 5.56 Å². The van der Waals surface area contributed by atoms with Crippen molar-refractivity contribution in [1.82, 2.24) is 9.47 Å². The molecule has 2 atom stereocenters. The van der Waals surface area contributed by atoms with Crippen molar-refractivity contribution in [2.75, 3.05) is 32.8 Å². The molecule has 2 unspecified atom stereocenters. The minimum Gasteiger partial charge on any atom is -0.462 e. The van der Waals surface area contributed by atoms with E-state index in [0.717, 1.165) is 17.7 Å². The molecular formula is C20H31FN2O5. The van der Waals surface area contributed by atoms with E-state index in [1.165, 1.54) is 10.6 Å². The zero-order chi connectivity index (χ0) is 20.7. The third kappa shape index (κ3) is 6.39. The molecule has 0 saturated carbocycles.